The van der Waals surface area contributed by atoms with Crippen LogP contribution in [0.25, 0.3) is 21.9 Å². The van der Waals surface area contributed by atoms with Crippen LogP contribution in [0.15, 0.2) is 95.9 Å². The van der Waals surface area contributed by atoms with Gasteiger partial charge in [-0.05, 0) is 34.7 Å². The summed E-state index contributed by atoms with van der Waals surface area (Å²) in [5, 5.41) is 4.97. The number of fused-ring (bicyclic) bond motifs is 1. The highest BCUT2D eigenvalue weighted by Gasteiger charge is 2.26. The van der Waals surface area contributed by atoms with Crippen molar-refractivity contribution >= 4 is 32.2 Å². The lowest BCUT2D eigenvalue weighted by Gasteiger charge is -2.31. The molecule has 1 aliphatic heterocycles. The first-order chi connectivity index (χ1) is 15.6. The topological polar surface area (TPSA) is 61.4 Å². The van der Waals surface area contributed by atoms with Crippen molar-refractivity contribution in [1.82, 2.24) is 5.32 Å². The molecule has 0 radical (unpaired) electrons. The fourth-order valence-electron chi connectivity index (χ4n) is 4.27. The monoisotopic (exact) mass is 443 g/mol. The minimum atomic E-state index is -3.83. The average Bonchev–Trinajstić information content (AvgIpc) is 2.84. The molecule has 5 rings (SSSR count). The van der Waals surface area contributed by atoms with Crippen molar-refractivity contribution in [2.24, 2.45) is 0 Å². The standard InChI is InChI=1S/C26H25N3O2S/c30-32(31,28-23-11-6-10-22(19-23)20-7-2-1-3-8-20)26-24-12-5-4-9-21(24)13-14-25(26)29-17-15-27-16-18-29/h1-14,19,27-28H,15-18H2. The predicted molar refractivity (Wildman–Crippen MR) is 132 cm³/mol. The minimum Gasteiger partial charge on any atom is -0.368 e. The Morgan fingerprint density at radius 3 is 2.28 bits per heavy atom. The lowest BCUT2D eigenvalue weighted by atomic mass is 10.1. The maximum atomic E-state index is 13.8. The first-order valence-corrected chi connectivity index (χ1v) is 12.3. The van der Waals surface area contributed by atoms with Gasteiger partial charge in [0.1, 0.15) is 4.90 Å². The molecule has 1 heterocycles. The number of hydrogen-bond donors (Lipinski definition) is 2. The summed E-state index contributed by atoms with van der Waals surface area (Å²) in [6.07, 6.45) is 0. The second-order valence-corrected chi connectivity index (χ2v) is 9.54. The van der Waals surface area contributed by atoms with Gasteiger partial charge in [0.05, 0.1) is 5.69 Å². The van der Waals surface area contributed by atoms with Gasteiger partial charge in [0, 0.05) is 37.3 Å². The van der Waals surface area contributed by atoms with Gasteiger partial charge < -0.3 is 10.2 Å². The molecule has 6 heteroatoms. The van der Waals surface area contributed by atoms with Gasteiger partial charge in [-0.15, -0.1) is 0 Å². The first-order valence-electron chi connectivity index (χ1n) is 10.8. The summed E-state index contributed by atoms with van der Waals surface area (Å²) in [5.74, 6) is 0. The van der Waals surface area contributed by atoms with Crippen LogP contribution in [0.1, 0.15) is 0 Å². The molecular weight excluding hydrogens is 418 g/mol. The van der Waals surface area contributed by atoms with Gasteiger partial charge >= 0.3 is 0 Å². The summed E-state index contributed by atoms with van der Waals surface area (Å²) >= 11 is 0. The third-order valence-corrected chi connectivity index (χ3v) is 7.28. The van der Waals surface area contributed by atoms with Gasteiger partial charge in [-0.3, -0.25) is 4.72 Å². The fraction of sp³-hybridized carbons (Fsp3) is 0.154. The number of nitrogens with one attached hydrogen (secondary N) is 2. The Balaban J connectivity index is 1.58. The van der Waals surface area contributed by atoms with Crippen LogP contribution in [0.2, 0.25) is 0 Å². The van der Waals surface area contributed by atoms with Crippen molar-refractivity contribution in [3.63, 3.8) is 0 Å². The Bertz CT molecular complexity index is 1350. The van der Waals surface area contributed by atoms with E-state index in [0.717, 1.165) is 53.8 Å². The van der Waals surface area contributed by atoms with Gasteiger partial charge in [-0.1, -0.05) is 72.8 Å². The molecule has 0 aliphatic carbocycles. The molecule has 4 aromatic carbocycles. The maximum absolute atomic E-state index is 13.8. The number of benzene rings is 4. The largest absolute Gasteiger partial charge is 0.368 e. The summed E-state index contributed by atoms with van der Waals surface area (Å²) in [6, 6.07) is 29.1. The van der Waals surface area contributed by atoms with Crippen molar-refractivity contribution in [2.75, 3.05) is 35.8 Å². The number of nitrogens with zero attached hydrogens (tertiary/aromatic N) is 1. The normalized spacial score (nSPS) is 14.4. The SMILES string of the molecule is O=S(=O)(Nc1cccc(-c2ccccc2)c1)c1c(N2CCNCC2)ccc2ccccc12. The summed E-state index contributed by atoms with van der Waals surface area (Å²) in [7, 11) is -3.83. The Morgan fingerprint density at radius 2 is 1.47 bits per heavy atom. The van der Waals surface area contributed by atoms with E-state index < -0.39 is 10.0 Å². The van der Waals surface area contributed by atoms with E-state index in [4.69, 9.17) is 0 Å². The van der Waals surface area contributed by atoms with Crippen LogP contribution < -0.4 is 14.9 Å². The van der Waals surface area contributed by atoms with Crippen LogP contribution in [-0.2, 0) is 10.0 Å². The molecule has 0 aromatic heterocycles. The van der Waals surface area contributed by atoms with Gasteiger partial charge in [0.2, 0.25) is 0 Å². The zero-order chi connectivity index (χ0) is 22.0. The first kappa shape index (κ1) is 20.5. The van der Waals surface area contributed by atoms with Crippen molar-refractivity contribution in [3.8, 4) is 11.1 Å². The minimum absolute atomic E-state index is 0.336. The quantitative estimate of drug-likeness (QED) is 0.469. The van der Waals surface area contributed by atoms with E-state index >= 15 is 0 Å². The van der Waals surface area contributed by atoms with Crippen molar-refractivity contribution < 1.29 is 8.42 Å². The molecule has 1 aliphatic rings. The summed E-state index contributed by atoms with van der Waals surface area (Å²) in [5.41, 5.74) is 3.30. The van der Waals surface area contributed by atoms with Gasteiger partial charge in [-0.25, -0.2) is 8.42 Å². The van der Waals surface area contributed by atoms with Gasteiger partial charge in [-0.2, -0.15) is 0 Å². The fourth-order valence-corrected chi connectivity index (χ4v) is 5.75. The molecule has 1 fully saturated rings. The van der Waals surface area contributed by atoms with Crippen molar-refractivity contribution in [2.45, 2.75) is 4.90 Å². The molecule has 1 saturated heterocycles. The molecule has 162 valence electrons. The van der Waals surface area contributed by atoms with E-state index in [9.17, 15) is 8.42 Å². The highest BCUT2D eigenvalue weighted by atomic mass is 32.2. The number of sulfonamides is 1. The van der Waals surface area contributed by atoms with E-state index in [1.165, 1.54) is 0 Å². The molecule has 0 unspecified atom stereocenters. The molecule has 2 N–H and O–H groups in total. The molecule has 0 amide bonds. The third kappa shape index (κ3) is 4.07. The Kier molecular flexibility index (Phi) is 5.55. The third-order valence-electron chi connectivity index (χ3n) is 5.81. The van der Waals surface area contributed by atoms with Crippen LogP contribution in [0.5, 0.6) is 0 Å². The summed E-state index contributed by atoms with van der Waals surface area (Å²) in [6.45, 7) is 3.20. The highest BCUT2D eigenvalue weighted by Crippen LogP contribution is 2.35. The van der Waals surface area contributed by atoms with Crippen molar-refractivity contribution in [1.29, 1.82) is 0 Å². The highest BCUT2D eigenvalue weighted by molar-refractivity contribution is 7.93. The second-order valence-electron chi connectivity index (χ2n) is 7.92. The number of hydrogen-bond acceptors (Lipinski definition) is 4. The summed E-state index contributed by atoms with van der Waals surface area (Å²) in [4.78, 5) is 2.49. The Labute approximate surface area is 188 Å². The van der Waals surface area contributed by atoms with E-state index in [1.54, 1.807) is 6.07 Å². The van der Waals surface area contributed by atoms with Crippen LogP contribution >= 0.6 is 0 Å². The molecule has 4 aromatic rings. The molecule has 0 saturated carbocycles. The molecule has 0 bridgehead atoms. The molecule has 0 atom stereocenters. The van der Waals surface area contributed by atoms with Gasteiger partial charge in [0.15, 0.2) is 0 Å². The van der Waals surface area contributed by atoms with E-state index in [1.807, 2.05) is 84.9 Å². The Hall–Kier alpha value is -3.35. The predicted octanol–water partition coefficient (Wildman–Crippen LogP) is 4.72. The van der Waals surface area contributed by atoms with Crippen LogP contribution in [0.3, 0.4) is 0 Å². The molecule has 0 spiro atoms. The van der Waals surface area contributed by atoms with E-state index in [2.05, 4.69) is 14.9 Å². The molecular formula is C26H25N3O2S. The maximum Gasteiger partial charge on any atom is 0.264 e. The number of piperazine rings is 1. The van der Waals surface area contributed by atoms with Crippen LogP contribution in [-0.4, -0.2) is 34.6 Å². The lowest BCUT2D eigenvalue weighted by Crippen LogP contribution is -2.44. The molecule has 32 heavy (non-hydrogen) atoms. The number of anilines is 2. The van der Waals surface area contributed by atoms with E-state index in [-0.39, 0.29) is 0 Å². The second kappa shape index (κ2) is 8.65. The van der Waals surface area contributed by atoms with Gasteiger partial charge in [0.25, 0.3) is 10.0 Å². The van der Waals surface area contributed by atoms with Crippen LogP contribution in [0.4, 0.5) is 11.4 Å². The Morgan fingerprint density at radius 1 is 0.750 bits per heavy atom. The van der Waals surface area contributed by atoms with Crippen molar-refractivity contribution in [3.05, 3.63) is 91.0 Å². The summed E-state index contributed by atoms with van der Waals surface area (Å²) < 4.78 is 30.4. The smallest absolute Gasteiger partial charge is 0.264 e. The number of rotatable bonds is 5. The van der Waals surface area contributed by atoms with E-state index in [0.29, 0.717) is 10.6 Å². The lowest BCUT2D eigenvalue weighted by molar-refractivity contribution is 0.582. The van der Waals surface area contributed by atoms with Crippen LogP contribution in [0, 0.1) is 0 Å². The zero-order valence-electron chi connectivity index (χ0n) is 17.7. The zero-order valence-corrected chi connectivity index (χ0v) is 18.5. The average molecular weight is 444 g/mol. The molecule has 5 nitrogen and oxygen atoms in total.